The molecule has 0 radical (unpaired) electrons. The second-order valence-corrected chi connectivity index (χ2v) is 5.91. The number of furan rings is 1. The zero-order valence-electron chi connectivity index (χ0n) is 15.1. The molecule has 0 spiro atoms. The lowest BCUT2D eigenvalue weighted by atomic mass is 10.3. The van der Waals surface area contributed by atoms with E-state index in [1.165, 1.54) is 31.2 Å². The Bertz CT molecular complexity index is 954. The average molecular weight is 383 g/mol. The smallest absolute Gasteiger partial charge is 0.375 e. The topological polar surface area (TPSA) is 77.8 Å². The van der Waals surface area contributed by atoms with Crippen LogP contribution in [0.5, 0.6) is 5.75 Å². The molecule has 2 aromatic carbocycles. The van der Waals surface area contributed by atoms with Crippen molar-refractivity contribution in [3.8, 4) is 5.75 Å². The Labute approximate surface area is 160 Å². The summed E-state index contributed by atoms with van der Waals surface area (Å²) in [6, 6.07) is 17.6. The van der Waals surface area contributed by atoms with Crippen molar-refractivity contribution in [3.63, 3.8) is 0 Å². The van der Waals surface area contributed by atoms with Gasteiger partial charge in [0.2, 0.25) is 5.76 Å². The molecular weight excluding hydrogens is 365 g/mol. The fourth-order valence-corrected chi connectivity index (χ4v) is 2.32. The minimum atomic E-state index is -1.09. The number of hydrogen-bond donors (Lipinski definition) is 1. The first-order chi connectivity index (χ1) is 13.5. The molecule has 3 rings (SSSR count). The van der Waals surface area contributed by atoms with Crippen LogP contribution in [0.25, 0.3) is 0 Å². The van der Waals surface area contributed by atoms with Gasteiger partial charge in [-0.2, -0.15) is 0 Å². The van der Waals surface area contributed by atoms with Crippen molar-refractivity contribution >= 4 is 17.6 Å². The summed E-state index contributed by atoms with van der Waals surface area (Å²) in [4.78, 5) is 24.3. The molecule has 6 nitrogen and oxygen atoms in total. The van der Waals surface area contributed by atoms with Gasteiger partial charge in [-0.15, -0.1) is 0 Å². The van der Waals surface area contributed by atoms with E-state index in [1.807, 2.05) is 18.2 Å². The third-order valence-corrected chi connectivity index (χ3v) is 3.73. The van der Waals surface area contributed by atoms with Crippen LogP contribution in [0.15, 0.2) is 71.1 Å². The van der Waals surface area contributed by atoms with Gasteiger partial charge in [0, 0.05) is 5.69 Å². The summed E-state index contributed by atoms with van der Waals surface area (Å²) in [5, 5.41) is 2.48. The zero-order valence-corrected chi connectivity index (χ0v) is 15.1. The summed E-state index contributed by atoms with van der Waals surface area (Å²) in [6.45, 7) is 1.56. The van der Waals surface area contributed by atoms with E-state index in [0.29, 0.717) is 11.5 Å². The second kappa shape index (κ2) is 8.85. The van der Waals surface area contributed by atoms with Gasteiger partial charge in [-0.25, -0.2) is 9.18 Å². The molecule has 144 valence electrons. The van der Waals surface area contributed by atoms with Crippen LogP contribution in [-0.2, 0) is 16.1 Å². The predicted octanol–water partition coefficient (Wildman–Crippen LogP) is 4.18. The predicted molar refractivity (Wildman–Crippen MR) is 99.4 cm³/mol. The summed E-state index contributed by atoms with van der Waals surface area (Å²) < 4.78 is 29.2. The third kappa shape index (κ3) is 5.20. The van der Waals surface area contributed by atoms with E-state index >= 15 is 0 Å². The molecule has 1 N–H and O–H groups in total. The van der Waals surface area contributed by atoms with Gasteiger partial charge < -0.3 is 19.2 Å². The number of amides is 1. The number of rotatable bonds is 7. The van der Waals surface area contributed by atoms with Crippen LogP contribution < -0.4 is 10.1 Å². The Balaban J connectivity index is 1.52. The number of carbonyl (C=O) groups is 2. The highest BCUT2D eigenvalue weighted by atomic mass is 19.1. The molecule has 0 saturated heterocycles. The average Bonchev–Trinajstić information content (AvgIpc) is 3.16. The zero-order chi connectivity index (χ0) is 19.9. The molecule has 0 fully saturated rings. The lowest BCUT2D eigenvalue weighted by Gasteiger charge is -2.12. The monoisotopic (exact) mass is 383 g/mol. The van der Waals surface area contributed by atoms with Gasteiger partial charge in [0.1, 0.15) is 23.9 Å². The first kappa shape index (κ1) is 19.2. The largest absolute Gasteiger partial charge is 0.486 e. The molecule has 1 amide bonds. The maximum atomic E-state index is 13.2. The van der Waals surface area contributed by atoms with Crippen LogP contribution in [0.4, 0.5) is 10.1 Å². The first-order valence-corrected chi connectivity index (χ1v) is 8.55. The number of hydrogen-bond acceptors (Lipinski definition) is 5. The number of benzene rings is 2. The quantitative estimate of drug-likeness (QED) is 0.619. The molecule has 0 saturated carbocycles. The van der Waals surface area contributed by atoms with E-state index in [0.717, 1.165) is 6.07 Å². The molecule has 0 aliphatic heterocycles. The van der Waals surface area contributed by atoms with Crippen molar-refractivity contribution in [2.24, 2.45) is 0 Å². The van der Waals surface area contributed by atoms with Crippen molar-refractivity contribution < 1.29 is 27.9 Å². The normalized spacial score (nSPS) is 11.5. The molecular formula is C21H18FNO5. The van der Waals surface area contributed by atoms with Crippen molar-refractivity contribution in [1.29, 1.82) is 0 Å². The summed E-state index contributed by atoms with van der Waals surface area (Å²) in [7, 11) is 0. The highest BCUT2D eigenvalue weighted by molar-refractivity contribution is 5.96. The fourth-order valence-electron chi connectivity index (χ4n) is 2.32. The number of ether oxygens (including phenoxy) is 2. The van der Waals surface area contributed by atoms with E-state index in [2.05, 4.69) is 5.32 Å². The summed E-state index contributed by atoms with van der Waals surface area (Å²) >= 11 is 0. The minimum Gasteiger partial charge on any atom is -0.486 e. The molecule has 0 unspecified atom stereocenters. The number of halogens is 1. The van der Waals surface area contributed by atoms with Crippen LogP contribution in [0.1, 0.15) is 23.2 Å². The first-order valence-electron chi connectivity index (χ1n) is 8.55. The van der Waals surface area contributed by atoms with E-state index in [4.69, 9.17) is 13.9 Å². The van der Waals surface area contributed by atoms with Crippen molar-refractivity contribution in [1.82, 2.24) is 0 Å². The maximum Gasteiger partial charge on any atom is 0.375 e. The van der Waals surface area contributed by atoms with Crippen LogP contribution in [-0.4, -0.2) is 18.0 Å². The van der Waals surface area contributed by atoms with Gasteiger partial charge in [-0.05, 0) is 49.4 Å². The third-order valence-electron chi connectivity index (χ3n) is 3.73. The van der Waals surface area contributed by atoms with Crippen LogP contribution >= 0.6 is 0 Å². The molecule has 3 aromatic rings. The fraction of sp³-hybridized carbons (Fsp3) is 0.143. The molecule has 1 atom stereocenters. The molecule has 1 aromatic heterocycles. The van der Waals surface area contributed by atoms with Gasteiger partial charge in [-0.1, -0.05) is 24.3 Å². The van der Waals surface area contributed by atoms with Gasteiger partial charge in [0.25, 0.3) is 5.91 Å². The Morgan fingerprint density at radius 1 is 1.07 bits per heavy atom. The Morgan fingerprint density at radius 3 is 2.61 bits per heavy atom. The van der Waals surface area contributed by atoms with E-state index in [-0.39, 0.29) is 18.1 Å². The van der Waals surface area contributed by atoms with Gasteiger partial charge >= 0.3 is 5.97 Å². The summed E-state index contributed by atoms with van der Waals surface area (Å²) in [6.07, 6.45) is -1.09. The van der Waals surface area contributed by atoms with Crippen molar-refractivity contribution in [2.75, 3.05) is 5.32 Å². The number of anilines is 1. The highest BCUT2D eigenvalue weighted by Crippen LogP contribution is 2.15. The second-order valence-electron chi connectivity index (χ2n) is 5.91. The van der Waals surface area contributed by atoms with E-state index in [1.54, 1.807) is 18.2 Å². The molecule has 7 heteroatoms. The highest BCUT2D eigenvalue weighted by Gasteiger charge is 2.21. The number of esters is 1. The van der Waals surface area contributed by atoms with Crippen molar-refractivity contribution in [2.45, 2.75) is 19.6 Å². The lowest BCUT2D eigenvalue weighted by molar-refractivity contribution is -0.123. The van der Waals surface area contributed by atoms with Crippen LogP contribution in [0.2, 0.25) is 0 Å². The number of nitrogens with one attached hydrogen (secondary N) is 1. The Hall–Kier alpha value is -3.61. The van der Waals surface area contributed by atoms with Crippen LogP contribution in [0, 0.1) is 5.82 Å². The SMILES string of the molecule is C[C@@H](OC(=O)c1ccc(COc2ccccc2)o1)C(=O)Nc1cccc(F)c1. The lowest BCUT2D eigenvalue weighted by Crippen LogP contribution is -2.29. The van der Waals surface area contributed by atoms with Crippen molar-refractivity contribution in [3.05, 3.63) is 84.1 Å². The molecule has 1 heterocycles. The molecule has 0 aliphatic carbocycles. The van der Waals surface area contributed by atoms with Gasteiger partial charge in [0.15, 0.2) is 6.10 Å². The maximum absolute atomic E-state index is 13.2. The molecule has 28 heavy (non-hydrogen) atoms. The Kier molecular flexibility index (Phi) is 6.06. The molecule has 0 bridgehead atoms. The number of carbonyl (C=O) groups excluding carboxylic acids is 2. The van der Waals surface area contributed by atoms with Gasteiger partial charge in [-0.3, -0.25) is 4.79 Å². The van der Waals surface area contributed by atoms with E-state index < -0.39 is 23.8 Å². The minimum absolute atomic E-state index is 0.0444. The Morgan fingerprint density at radius 2 is 1.86 bits per heavy atom. The van der Waals surface area contributed by atoms with Gasteiger partial charge in [0.05, 0.1) is 0 Å². The standard InChI is InChI=1S/C21H18FNO5/c1-14(20(24)23-16-7-5-6-15(22)12-16)27-21(25)19-11-10-18(28-19)13-26-17-8-3-2-4-9-17/h2-12,14H,13H2,1H3,(H,23,24)/t14-/m1/s1. The van der Waals surface area contributed by atoms with E-state index in [9.17, 15) is 14.0 Å². The number of para-hydroxylation sites is 1. The summed E-state index contributed by atoms with van der Waals surface area (Å²) in [5.74, 6) is -0.787. The molecule has 0 aliphatic rings. The van der Waals surface area contributed by atoms with Crippen LogP contribution in [0.3, 0.4) is 0 Å². The summed E-state index contributed by atoms with van der Waals surface area (Å²) in [5.41, 5.74) is 0.270.